The van der Waals surface area contributed by atoms with Gasteiger partial charge in [0.25, 0.3) is 0 Å². The molecule has 100 valence electrons. The zero-order valence-electron chi connectivity index (χ0n) is 10.8. The van der Waals surface area contributed by atoms with Crippen molar-refractivity contribution in [1.82, 2.24) is 14.8 Å². The summed E-state index contributed by atoms with van der Waals surface area (Å²) in [6, 6.07) is 0. The SMILES string of the molecule is CCn1cc(-c2nc(C(=O)OC)c(C(C)=O)s2)cn1. The summed E-state index contributed by atoms with van der Waals surface area (Å²) in [7, 11) is 1.26. The molecule has 0 unspecified atom stereocenters. The highest BCUT2D eigenvalue weighted by Gasteiger charge is 2.22. The van der Waals surface area contributed by atoms with Gasteiger partial charge >= 0.3 is 5.97 Å². The summed E-state index contributed by atoms with van der Waals surface area (Å²) >= 11 is 1.17. The molecule has 2 rings (SSSR count). The molecule has 0 fully saturated rings. The third-order valence-corrected chi connectivity index (χ3v) is 3.74. The van der Waals surface area contributed by atoms with Crippen molar-refractivity contribution in [3.05, 3.63) is 23.0 Å². The van der Waals surface area contributed by atoms with Crippen LogP contribution in [0.5, 0.6) is 0 Å². The molecule has 0 aromatic carbocycles. The highest BCUT2D eigenvalue weighted by atomic mass is 32.1. The van der Waals surface area contributed by atoms with Gasteiger partial charge in [-0.05, 0) is 6.92 Å². The molecule has 0 amide bonds. The Bertz CT molecular complexity index is 630. The zero-order valence-corrected chi connectivity index (χ0v) is 11.7. The number of ketones is 1. The van der Waals surface area contributed by atoms with E-state index in [1.54, 1.807) is 10.9 Å². The average molecular weight is 279 g/mol. The molecule has 0 radical (unpaired) electrons. The number of rotatable bonds is 4. The summed E-state index contributed by atoms with van der Waals surface area (Å²) in [6.07, 6.45) is 3.48. The van der Waals surface area contributed by atoms with Crippen LogP contribution in [-0.4, -0.2) is 33.6 Å². The fourth-order valence-corrected chi connectivity index (χ4v) is 2.49. The van der Waals surface area contributed by atoms with Gasteiger partial charge in [-0.25, -0.2) is 9.78 Å². The quantitative estimate of drug-likeness (QED) is 0.632. The van der Waals surface area contributed by atoms with Crippen molar-refractivity contribution in [2.24, 2.45) is 0 Å². The maximum absolute atomic E-state index is 11.6. The lowest BCUT2D eigenvalue weighted by Crippen LogP contribution is -2.06. The second kappa shape index (κ2) is 5.31. The van der Waals surface area contributed by atoms with E-state index in [-0.39, 0.29) is 11.5 Å². The van der Waals surface area contributed by atoms with Crippen molar-refractivity contribution in [3.8, 4) is 10.6 Å². The van der Waals surface area contributed by atoms with Crippen LogP contribution in [0.4, 0.5) is 0 Å². The lowest BCUT2D eigenvalue weighted by molar-refractivity contribution is 0.0591. The number of hydrogen-bond acceptors (Lipinski definition) is 6. The first-order valence-corrected chi connectivity index (χ1v) is 6.51. The summed E-state index contributed by atoms with van der Waals surface area (Å²) in [5.41, 5.74) is 0.851. The number of aromatic nitrogens is 3. The van der Waals surface area contributed by atoms with Crippen LogP contribution in [0.15, 0.2) is 12.4 Å². The van der Waals surface area contributed by atoms with Crippen molar-refractivity contribution >= 4 is 23.1 Å². The van der Waals surface area contributed by atoms with Gasteiger partial charge in [0.05, 0.1) is 13.3 Å². The second-order valence-electron chi connectivity index (χ2n) is 3.83. The number of nitrogens with zero attached hydrogens (tertiary/aromatic N) is 3. The fourth-order valence-electron chi connectivity index (χ4n) is 1.56. The summed E-state index contributed by atoms with van der Waals surface area (Å²) in [5.74, 6) is -0.803. The number of Topliss-reactive ketones (excluding diaryl/α,β-unsaturated/α-hetero) is 1. The molecule has 19 heavy (non-hydrogen) atoms. The molecule has 6 nitrogen and oxygen atoms in total. The smallest absolute Gasteiger partial charge is 0.358 e. The summed E-state index contributed by atoms with van der Waals surface area (Å²) in [4.78, 5) is 27.6. The molecule has 0 aliphatic carbocycles. The van der Waals surface area contributed by atoms with Crippen molar-refractivity contribution in [2.75, 3.05) is 7.11 Å². The number of carbonyl (C=O) groups is 2. The lowest BCUT2D eigenvalue weighted by Gasteiger charge is -1.95. The maximum atomic E-state index is 11.6. The Labute approximate surface area is 114 Å². The molecule has 0 saturated heterocycles. The Hall–Kier alpha value is -2.02. The molecule has 0 atom stereocenters. The van der Waals surface area contributed by atoms with Crippen LogP contribution in [0, 0.1) is 0 Å². The minimum Gasteiger partial charge on any atom is -0.464 e. The summed E-state index contributed by atoms with van der Waals surface area (Å²) in [6.45, 7) is 4.12. The Morgan fingerprint density at radius 2 is 2.21 bits per heavy atom. The van der Waals surface area contributed by atoms with E-state index in [1.807, 2.05) is 13.1 Å². The first-order chi connectivity index (χ1) is 9.06. The third kappa shape index (κ3) is 2.55. The number of methoxy groups -OCH3 is 1. The van der Waals surface area contributed by atoms with Gasteiger partial charge in [0, 0.05) is 25.2 Å². The van der Waals surface area contributed by atoms with Crippen molar-refractivity contribution in [1.29, 1.82) is 0 Å². The molecule has 7 heteroatoms. The molecule has 0 saturated carbocycles. The van der Waals surface area contributed by atoms with Gasteiger partial charge in [-0.3, -0.25) is 9.48 Å². The predicted molar refractivity (Wildman–Crippen MR) is 70.4 cm³/mol. The monoisotopic (exact) mass is 279 g/mol. The highest BCUT2D eigenvalue weighted by molar-refractivity contribution is 7.17. The standard InChI is InChI=1S/C12H13N3O3S/c1-4-15-6-8(5-13-15)11-14-9(12(17)18-3)10(19-11)7(2)16/h5-6H,4H2,1-3H3. The van der Waals surface area contributed by atoms with Crippen molar-refractivity contribution in [2.45, 2.75) is 20.4 Å². The topological polar surface area (TPSA) is 74.1 Å². The van der Waals surface area contributed by atoms with E-state index in [4.69, 9.17) is 0 Å². The Kier molecular flexibility index (Phi) is 3.75. The van der Waals surface area contributed by atoms with E-state index in [1.165, 1.54) is 25.4 Å². The van der Waals surface area contributed by atoms with E-state index in [0.29, 0.717) is 9.88 Å². The molecule has 2 aromatic rings. The molecular weight excluding hydrogens is 266 g/mol. The number of hydrogen-bond donors (Lipinski definition) is 0. The van der Waals surface area contributed by atoms with Crippen LogP contribution in [0.25, 0.3) is 10.6 Å². The highest BCUT2D eigenvalue weighted by Crippen LogP contribution is 2.28. The normalized spacial score (nSPS) is 10.5. The fraction of sp³-hybridized carbons (Fsp3) is 0.333. The lowest BCUT2D eigenvalue weighted by atomic mass is 10.3. The van der Waals surface area contributed by atoms with Crippen molar-refractivity contribution < 1.29 is 14.3 Å². The van der Waals surface area contributed by atoms with Crippen LogP contribution in [-0.2, 0) is 11.3 Å². The Morgan fingerprint density at radius 1 is 1.47 bits per heavy atom. The summed E-state index contributed by atoms with van der Waals surface area (Å²) in [5, 5.41) is 4.73. The van der Waals surface area contributed by atoms with Gasteiger partial charge < -0.3 is 4.74 Å². The zero-order chi connectivity index (χ0) is 14.0. The van der Waals surface area contributed by atoms with Gasteiger partial charge in [-0.2, -0.15) is 5.10 Å². The molecule has 0 aliphatic heterocycles. The van der Waals surface area contributed by atoms with Crippen molar-refractivity contribution in [3.63, 3.8) is 0 Å². The number of esters is 1. The van der Waals surface area contributed by atoms with E-state index < -0.39 is 5.97 Å². The molecule has 0 aliphatic rings. The van der Waals surface area contributed by atoms with Crippen LogP contribution in [0.2, 0.25) is 0 Å². The largest absolute Gasteiger partial charge is 0.464 e. The van der Waals surface area contributed by atoms with E-state index in [0.717, 1.165) is 12.1 Å². The van der Waals surface area contributed by atoms with Gasteiger partial charge in [-0.15, -0.1) is 11.3 Å². The van der Waals surface area contributed by atoms with Crippen LogP contribution in [0.3, 0.4) is 0 Å². The number of thiazole rings is 1. The van der Waals surface area contributed by atoms with Crippen LogP contribution in [0.1, 0.15) is 34.0 Å². The number of aryl methyl sites for hydroxylation is 1. The maximum Gasteiger partial charge on any atom is 0.358 e. The number of ether oxygens (including phenoxy) is 1. The Morgan fingerprint density at radius 3 is 2.74 bits per heavy atom. The van der Waals surface area contributed by atoms with Crippen LogP contribution < -0.4 is 0 Å². The van der Waals surface area contributed by atoms with E-state index >= 15 is 0 Å². The molecule has 2 aromatic heterocycles. The molecule has 0 spiro atoms. The minimum atomic E-state index is -0.601. The van der Waals surface area contributed by atoms with Crippen LogP contribution >= 0.6 is 11.3 Å². The summed E-state index contributed by atoms with van der Waals surface area (Å²) < 4.78 is 6.39. The van der Waals surface area contributed by atoms with Gasteiger partial charge in [-0.1, -0.05) is 0 Å². The molecule has 0 N–H and O–H groups in total. The molecule has 2 heterocycles. The predicted octanol–water partition coefficient (Wildman–Crippen LogP) is 2.02. The molecular formula is C12H13N3O3S. The second-order valence-corrected chi connectivity index (χ2v) is 4.83. The van der Waals surface area contributed by atoms with E-state index in [9.17, 15) is 9.59 Å². The first kappa shape index (κ1) is 13.4. The third-order valence-electron chi connectivity index (χ3n) is 2.53. The first-order valence-electron chi connectivity index (χ1n) is 5.69. The van der Waals surface area contributed by atoms with Gasteiger partial charge in [0.1, 0.15) is 9.88 Å². The number of carbonyl (C=O) groups excluding carboxylic acids is 2. The van der Waals surface area contributed by atoms with E-state index in [2.05, 4.69) is 14.8 Å². The van der Waals surface area contributed by atoms with Gasteiger partial charge in [0.2, 0.25) is 0 Å². The molecule has 0 bridgehead atoms. The minimum absolute atomic E-state index is 0.0687. The Balaban J connectivity index is 2.48. The average Bonchev–Trinajstić information content (AvgIpc) is 3.03. The van der Waals surface area contributed by atoms with Gasteiger partial charge in [0.15, 0.2) is 11.5 Å².